The predicted octanol–water partition coefficient (Wildman–Crippen LogP) is 2.67. The first-order valence-corrected chi connectivity index (χ1v) is 8.06. The first kappa shape index (κ1) is 13.9. The molecule has 0 unspecified atom stereocenters. The van der Waals surface area contributed by atoms with Gasteiger partial charge in [0.25, 0.3) is 0 Å². The van der Waals surface area contributed by atoms with Crippen LogP contribution in [-0.2, 0) is 0 Å². The first-order valence-electron chi connectivity index (χ1n) is 6.80. The Labute approximate surface area is 127 Å². The Morgan fingerprint density at radius 3 is 2.85 bits per heavy atom. The minimum atomic E-state index is 0.638. The molecule has 3 N–H and O–H groups in total. The summed E-state index contributed by atoms with van der Waals surface area (Å²) in [5.41, 5.74) is 6.79. The lowest BCUT2D eigenvalue weighted by Gasteiger charge is -2.30. The summed E-state index contributed by atoms with van der Waals surface area (Å²) in [5.74, 6) is 2.15. The van der Waals surface area contributed by atoms with Crippen molar-refractivity contribution in [2.75, 3.05) is 24.5 Å². The van der Waals surface area contributed by atoms with Gasteiger partial charge in [0.05, 0.1) is 9.90 Å². The van der Waals surface area contributed by atoms with Crippen LogP contribution < -0.4 is 10.6 Å². The van der Waals surface area contributed by atoms with Crippen LogP contribution in [0.3, 0.4) is 0 Å². The Morgan fingerprint density at radius 2 is 2.25 bits per heavy atom. The number of halogens is 1. The van der Waals surface area contributed by atoms with Gasteiger partial charge in [-0.2, -0.15) is 4.98 Å². The van der Waals surface area contributed by atoms with Crippen molar-refractivity contribution >= 4 is 28.9 Å². The van der Waals surface area contributed by atoms with Crippen LogP contribution >= 0.6 is 22.9 Å². The highest BCUT2D eigenvalue weighted by atomic mass is 35.5. The third-order valence-electron chi connectivity index (χ3n) is 3.82. The van der Waals surface area contributed by atoms with E-state index >= 15 is 0 Å². The number of hydrogen-bond acceptors (Lipinski definition) is 5. The van der Waals surface area contributed by atoms with Gasteiger partial charge >= 0.3 is 0 Å². The SMILES string of the molecule is Cc1csc(-c2nc(N3CCC(CN)CC3)n[nH]2)c1Cl. The van der Waals surface area contributed by atoms with Gasteiger partial charge in [0.1, 0.15) is 0 Å². The summed E-state index contributed by atoms with van der Waals surface area (Å²) < 4.78 is 0. The van der Waals surface area contributed by atoms with E-state index in [1.165, 1.54) is 0 Å². The summed E-state index contributed by atoms with van der Waals surface area (Å²) in [6.07, 6.45) is 2.22. The second-order valence-electron chi connectivity index (χ2n) is 5.21. The number of aryl methyl sites for hydroxylation is 1. The van der Waals surface area contributed by atoms with E-state index in [0.717, 1.165) is 59.7 Å². The van der Waals surface area contributed by atoms with E-state index in [-0.39, 0.29) is 0 Å². The average molecular weight is 312 g/mol. The minimum absolute atomic E-state index is 0.638. The smallest absolute Gasteiger partial charge is 0.245 e. The number of H-pyrrole nitrogens is 1. The zero-order valence-electron chi connectivity index (χ0n) is 11.4. The van der Waals surface area contributed by atoms with Crippen molar-refractivity contribution < 1.29 is 0 Å². The second-order valence-corrected chi connectivity index (χ2v) is 6.47. The molecule has 0 radical (unpaired) electrons. The van der Waals surface area contributed by atoms with Crippen LogP contribution in [0.15, 0.2) is 5.38 Å². The molecule has 3 rings (SSSR count). The van der Waals surface area contributed by atoms with Gasteiger partial charge in [0.15, 0.2) is 5.82 Å². The van der Waals surface area contributed by atoms with Crippen LogP contribution in [0.1, 0.15) is 18.4 Å². The Kier molecular flexibility index (Phi) is 3.96. The van der Waals surface area contributed by atoms with Crippen LogP contribution in [0.2, 0.25) is 5.02 Å². The summed E-state index contributed by atoms with van der Waals surface area (Å²) in [5, 5.41) is 10.1. The molecule has 0 atom stereocenters. The van der Waals surface area contributed by atoms with Crippen LogP contribution in [0.25, 0.3) is 10.7 Å². The van der Waals surface area contributed by atoms with Gasteiger partial charge in [-0.05, 0) is 43.2 Å². The van der Waals surface area contributed by atoms with Crippen LogP contribution in [0.5, 0.6) is 0 Å². The summed E-state index contributed by atoms with van der Waals surface area (Å²) in [7, 11) is 0. The molecule has 2 aromatic rings. The summed E-state index contributed by atoms with van der Waals surface area (Å²) >= 11 is 7.86. The fraction of sp³-hybridized carbons (Fsp3) is 0.538. The highest BCUT2D eigenvalue weighted by Crippen LogP contribution is 2.35. The quantitative estimate of drug-likeness (QED) is 0.914. The largest absolute Gasteiger partial charge is 0.340 e. The number of nitrogens with two attached hydrogens (primary N) is 1. The number of nitrogens with zero attached hydrogens (tertiary/aromatic N) is 3. The zero-order chi connectivity index (χ0) is 14.1. The monoisotopic (exact) mass is 311 g/mol. The number of piperidine rings is 1. The van der Waals surface area contributed by atoms with E-state index < -0.39 is 0 Å². The Bertz CT molecular complexity index is 585. The van der Waals surface area contributed by atoms with Gasteiger partial charge in [-0.1, -0.05) is 11.6 Å². The average Bonchev–Trinajstić information content (AvgIpc) is 3.08. The van der Waals surface area contributed by atoms with E-state index in [9.17, 15) is 0 Å². The minimum Gasteiger partial charge on any atom is -0.340 e. The van der Waals surface area contributed by atoms with Crippen LogP contribution in [0, 0.1) is 12.8 Å². The maximum absolute atomic E-state index is 6.27. The van der Waals surface area contributed by atoms with Crippen molar-refractivity contribution in [3.05, 3.63) is 16.0 Å². The normalized spacial score (nSPS) is 16.9. The summed E-state index contributed by atoms with van der Waals surface area (Å²) in [6, 6.07) is 0. The number of nitrogens with one attached hydrogen (secondary N) is 1. The zero-order valence-corrected chi connectivity index (χ0v) is 13.0. The van der Waals surface area contributed by atoms with Gasteiger partial charge in [-0.25, -0.2) is 0 Å². The molecule has 1 aliphatic heterocycles. The molecule has 1 aliphatic rings. The van der Waals surface area contributed by atoms with Gasteiger partial charge in [-0.15, -0.1) is 16.4 Å². The highest BCUT2D eigenvalue weighted by molar-refractivity contribution is 7.14. The van der Waals surface area contributed by atoms with Crippen molar-refractivity contribution in [2.24, 2.45) is 11.7 Å². The predicted molar refractivity (Wildman–Crippen MR) is 83.4 cm³/mol. The van der Waals surface area contributed by atoms with Crippen molar-refractivity contribution in [3.8, 4) is 10.7 Å². The molecule has 3 heterocycles. The molecule has 0 saturated carbocycles. The standard InChI is InChI=1S/C13H18ClN5S/c1-8-7-20-11(10(8)14)12-16-13(18-17-12)19-4-2-9(6-15)3-5-19/h7,9H,2-6,15H2,1H3,(H,16,17,18). The molecule has 0 aliphatic carbocycles. The first-order chi connectivity index (χ1) is 9.69. The lowest BCUT2D eigenvalue weighted by Crippen LogP contribution is -2.36. The molecular weight excluding hydrogens is 294 g/mol. The molecule has 0 bridgehead atoms. The lowest BCUT2D eigenvalue weighted by molar-refractivity contribution is 0.411. The molecule has 2 aromatic heterocycles. The van der Waals surface area contributed by atoms with Gasteiger partial charge in [0, 0.05) is 13.1 Å². The number of aromatic nitrogens is 3. The maximum Gasteiger partial charge on any atom is 0.245 e. The molecule has 5 nitrogen and oxygen atoms in total. The number of rotatable bonds is 3. The van der Waals surface area contributed by atoms with Gasteiger partial charge in [-0.3, -0.25) is 5.10 Å². The summed E-state index contributed by atoms with van der Waals surface area (Å²) in [4.78, 5) is 7.75. The molecule has 1 fully saturated rings. The molecule has 7 heteroatoms. The molecule has 108 valence electrons. The Hall–Kier alpha value is -1.11. The van der Waals surface area contributed by atoms with Crippen molar-refractivity contribution in [1.29, 1.82) is 0 Å². The lowest BCUT2D eigenvalue weighted by atomic mass is 9.97. The fourth-order valence-electron chi connectivity index (χ4n) is 2.45. The molecule has 0 aromatic carbocycles. The van der Waals surface area contributed by atoms with Crippen molar-refractivity contribution in [1.82, 2.24) is 15.2 Å². The number of anilines is 1. The van der Waals surface area contributed by atoms with Gasteiger partial charge < -0.3 is 10.6 Å². The van der Waals surface area contributed by atoms with E-state index in [1.54, 1.807) is 11.3 Å². The second kappa shape index (κ2) is 5.71. The molecular formula is C13H18ClN5S. The van der Waals surface area contributed by atoms with E-state index in [4.69, 9.17) is 17.3 Å². The molecule has 1 saturated heterocycles. The fourth-order valence-corrected chi connectivity index (χ4v) is 3.68. The maximum atomic E-state index is 6.27. The molecule has 20 heavy (non-hydrogen) atoms. The van der Waals surface area contributed by atoms with E-state index in [0.29, 0.717) is 5.92 Å². The van der Waals surface area contributed by atoms with E-state index in [2.05, 4.69) is 20.1 Å². The summed E-state index contributed by atoms with van der Waals surface area (Å²) in [6.45, 7) is 4.71. The Morgan fingerprint density at radius 1 is 1.50 bits per heavy atom. The van der Waals surface area contributed by atoms with Crippen molar-refractivity contribution in [3.63, 3.8) is 0 Å². The Balaban J connectivity index is 1.76. The number of thiophene rings is 1. The van der Waals surface area contributed by atoms with Gasteiger partial charge in [0.2, 0.25) is 5.95 Å². The molecule has 0 spiro atoms. The van der Waals surface area contributed by atoms with E-state index in [1.807, 2.05) is 12.3 Å². The third-order valence-corrected chi connectivity index (χ3v) is 5.52. The third kappa shape index (κ3) is 2.55. The topological polar surface area (TPSA) is 70.8 Å². The van der Waals surface area contributed by atoms with Crippen molar-refractivity contribution in [2.45, 2.75) is 19.8 Å². The molecule has 0 amide bonds. The number of hydrogen-bond donors (Lipinski definition) is 2. The van der Waals surface area contributed by atoms with Crippen LogP contribution in [0.4, 0.5) is 5.95 Å². The van der Waals surface area contributed by atoms with Crippen LogP contribution in [-0.4, -0.2) is 34.8 Å². The number of aromatic amines is 1. The highest BCUT2D eigenvalue weighted by Gasteiger charge is 2.22.